The summed E-state index contributed by atoms with van der Waals surface area (Å²) in [4.78, 5) is 22.6. The number of hydrogen-bond donors (Lipinski definition) is 3. The van der Waals surface area contributed by atoms with E-state index in [0.29, 0.717) is 6.42 Å². The van der Waals surface area contributed by atoms with Gasteiger partial charge in [-0.25, -0.2) is 0 Å². The van der Waals surface area contributed by atoms with Crippen molar-refractivity contribution in [1.29, 1.82) is 0 Å². The largest absolute Gasteiger partial charge is 0.481 e. The summed E-state index contributed by atoms with van der Waals surface area (Å²) >= 11 is 0. The van der Waals surface area contributed by atoms with Crippen LogP contribution in [0.5, 0.6) is 0 Å². The van der Waals surface area contributed by atoms with Gasteiger partial charge in [-0.05, 0) is 32.7 Å². The fourth-order valence-corrected chi connectivity index (χ4v) is 1.91. The quantitative estimate of drug-likeness (QED) is 0.634. The highest BCUT2D eigenvalue weighted by atomic mass is 16.4. The van der Waals surface area contributed by atoms with Crippen LogP contribution in [-0.2, 0) is 9.59 Å². The van der Waals surface area contributed by atoms with Gasteiger partial charge in [-0.3, -0.25) is 9.59 Å². The molecule has 0 bridgehead atoms. The van der Waals surface area contributed by atoms with E-state index in [1.807, 2.05) is 6.92 Å². The zero-order valence-electron chi connectivity index (χ0n) is 9.88. The minimum Gasteiger partial charge on any atom is -0.481 e. The number of rotatable bonds is 5. The zero-order chi connectivity index (χ0) is 12.2. The van der Waals surface area contributed by atoms with E-state index in [-0.39, 0.29) is 12.5 Å². The molecule has 1 fully saturated rings. The molecule has 0 radical (unpaired) electrons. The normalized spacial score (nSPS) is 26.4. The van der Waals surface area contributed by atoms with E-state index in [4.69, 9.17) is 5.11 Å². The molecule has 3 N–H and O–H groups in total. The fourth-order valence-electron chi connectivity index (χ4n) is 1.91. The molecule has 92 valence electrons. The molecule has 1 saturated heterocycles. The van der Waals surface area contributed by atoms with Crippen molar-refractivity contribution < 1.29 is 14.7 Å². The molecule has 5 nitrogen and oxygen atoms in total. The second kappa shape index (κ2) is 5.30. The monoisotopic (exact) mass is 228 g/mol. The molecule has 0 aromatic carbocycles. The summed E-state index contributed by atoms with van der Waals surface area (Å²) in [6.45, 7) is 4.72. The molecule has 1 amide bonds. The first-order chi connectivity index (χ1) is 7.49. The number of hydrogen-bond acceptors (Lipinski definition) is 3. The summed E-state index contributed by atoms with van der Waals surface area (Å²) in [7, 11) is 0. The van der Waals surface area contributed by atoms with Crippen LogP contribution in [0.2, 0.25) is 0 Å². The summed E-state index contributed by atoms with van der Waals surface area (Å²) in [6.07, 6.45) is 2.32. The molecule has 2 atom stereocenters. The van der Waals surface area contributed by atoms with Crippen LogP contribution in [0.1, 0.15) is 33.1 Å². The third kappa shape index (κ3) is 2.95. The van der Waals surface area contributed by atoms with Crippen LogP contribution < -0.4 is 10.6 Å². The first-order valence-electron chi connectivity index (χ1n) is 5.75. The molecule has 16 heavy (non-hydrogen) atoms. The van der Waals surface area contributed by atoms with Crippen molar-refractivity contribution in [3.63, 3.8) is 0 Å². The van der Waals surface area contributed by atoms with Crippen LogP contribution in [0.4, 0.5) is 0 Å². The summed E-state index contributed by atoms with van der Waals surface area (Å²) in [5.41, 5.74) is -0.517. The maximum atomic E-state index is 11.8. The standard InChI is InChI=1S/C11H20N2O3/c1-3-8(9(14)15)7-12-10(16)11(2)5-4-6-13-11/h8,13H,3-7H2,1-2H3,(H,12,16)(H,14,15). The summed E-state index contributed by atoms with van der Waals surface area (Å²) in [6, 6.07) is 0. The Labute approximate surface area is 95.6 Å². The highest BCUT2D eigenvalue weighted by Crippen LogP contribution is 2.18. The Morgan fingerprint density at radius 2 is 2.25 bits per heavy atom. The van der Waals surface area contributed by atoms with Crippen molar-refractivity contribution in [2.75, 3.05) is 13.1 Å². The van der Waals surface area contributed by atoms with Gasteiger partial charge in [0, 0.05) is 6.54 Å². The van der Waals surface area contributed by atoms with E-state index in [1.54, 1.807) is 6.92 Å². The van der Waals surface area contributed by atoms with Gasteiger partial charge in [-0.1, -0.05) is 6.92 Å². The van der Waals surface area contributed by atoms with Gasteiger partial charge >= 0.3 is 5.97 Å². The average molecular weight is 228 g/mol. The third-order valence-corrected chi connectivity index (χ3v) is 3.22. The minimum absolute atomic E-state index is 0.0929. The Kier molecular flexibility index (Phi) is 4.29. The van der Waals surface area contributed by atoms with Crippen LogP contribution in [-0.4, -0.2) is 35.6 Å². The number of aliphatic carboxylic acids is 1. The molecule has 0 aliphatic carbocycles. The number of carbonyl (C=O) groups excluding carboxylic acids is 1. The highest BCUT2D eigenvalue weighted by Gasteiger charge is 2.36. The summed E-state index contributed by atoms with van der Waals surface area (Å²) < 4.78 is 0. The van der Waals surface area contributed by atoms with Crippen LogP contribution in [0.3, 0.4) is 0 Å². The number of carbonyl (C=O) groups is 2. The van der Waals surface area contributed by atoms with Crippen molar-refractivity contribution in [1.82, 2.24) is 10.6 Å². The molecule has 1 aliphatic rings. The molecule has 0 saturated carbocycles. The van der Waals surface area contributed by atoms with E-state index >= 15 is 0 Å². The Hall–Kier alpha value is -1.10. The minimum atomic E-state index is -0.854. The van der Waals surface area contributed by atoms with Crippen LogP contribution >= 0.6 is 0 Å². The summed E-state index contributed by atoms with van der Waals surface area (Å²) in [5.74, 6) is -1.44. The van der Waals surface area contributed by atoms with Gasteiger partial charge in [0.25, 0.3) is 0 Å². The van der Waals surface area contributed by atoms with Gasteiger partial charge in [0.2, 0.25) is 5.91 Å². The maximum Gasteiger partial charge on any atom is 0.308 e. The Morgan fingerprint density at radius 1 is 1.56 bits per heavy atom. The molecule has 1 rings (SSSR count). The Balaban J connectivity index is 2.42. The lowest BCUT2D eigenvalue weighted by molar-refractivity contribution is -0.141. The highest BCUT2D eigenvalue weighted by molar-refractivity contribution is 5.86. The number of carboxylic acid groups (broad SMARTS) is 1. The first kappa shape index (κ1) is 13.0. The number of carboxylic acids is 1. The second-order valence-electron chi connectivity index (χ2n) is 4.52. The number of amides is 1. The molecular formula is C11H20N2O3. The molecule has 0 aromatic rings. The van der Waals surface area contributed by atoms with Crippen molar-refractivity contribution >= 4 is 11.9 Å². The SMILES string of the molecule is CCC(CNC(=O)C1(C)CCCN1)C(=O)O. The molecule has 0 spiro atoms. The molecular weight excluding hydrogens is 208 g/mol. The second-order valence-corrected chi connectivity index (χ2v) is 4.52. The van der Waals surface area contributed by atoms with Crippen molar-refractivity contribution in [3.8, 4) is 0 Å². The zero-order valence-corrected chi connectivity index (χ0v) is 9.88. The molecule has 1 heterocycles. The Bertz CT molecular complexity index is 272. The van der Waals surface area contributed by atoms with Crippen LogP contribution in [0.15, 0.2) is 0 Å². The predicted octanol–water partition coefficient (Wildman–Crippen LogP) is 0.356. The van der Waals surface area contributed by atoms with Crippen molar-refractivity contribution in [2.45, 2.75) is 38.6 Å². The topological polar surface area (TPSA) is 78.4 Å². The van der Waals surface area contributed by atoms with Crippen LogP contribution in [0.25, 0.3) is 0 Å². The maximum absolute atomic E-state index is 11.8. The molecule has 2 unspecified atom stereocenters. The first-order valence-corrected chi connectivity index (χ1v) is 5.75. The molecule has 0 aromatic heterocycles. The van der Waals surface area contributed by atoms with Crippen molar-refractivity contribution in [3.05, 3.63) is 0 Å². The lowest BCUT2D eigenvalue weighted by atomic mass is 9.98. The molecule has 5 heteroatoms. The van der Waals surface area contributed by atoms with Gasteiger partial charge in [-0.2, -0.15) is 0 Å². The van der Waals surface area contributed by atoms with Crippen molar-refractivity contribution in [2.24, 2.45) is 5.92 Å². The van der Waals surface area contributed by atoms with E-state index in [9.17, 15) is 9.59 Å². The average Bonchev–Trinajstić information content (AvgIpc) is 2.66. The van der Waals surface area contributed by atoms with Gasteiger partial charge in [0.05, 0.1) is 11.5 Å². The third-order valence-electron chi connectivity index (χ3n) is 3.22. The lowest BCUT2D eigenvalue weighted by Gasteiger charge is -2.24. The van der Waals surface area contributed by atoms with E-state index in [1.165, 1.54) is 0 Å². The fraction of sp³-hybridized carbons (Fsp3) is 0.818. The number of nitrogens with one attached hydrogen (secondary N) is 2. The van der Waals surface area contributed by atoms with Crippen LogP contribution in [0, 0.1) is 5.92 Å². The Morgan fingerprint density at radius 3 is 2.69 bits per heavy atom. The van der Waals surface area contributed by atoms with Gasteiger partial charge < -0.3 is 15.7 Å². The smallest absolute Gasteiger partial charge is 0.308 e. The van der Waals surface area contributed by atoms with E-state index in [2.05, 4.69) is 10.6 Å². The lowest BCUT2D eigenvalue weighted by Crippen LogP contribution is -2.52. The van der Waals surface area contributed by atoms with Gasteiger partial charge in [0.15, 0.2) is 0 Å². The van der Waals surface area contributed by atoms with E-state index < -0.39 is 17.4 Å². The van der Waals surface area contributed by atoms with Gasteiger partial charge in [-0.15, -0.1) is 0 Å². The van der Waals surface area contributed by atoms with E-state index in [0.717, 1.165) is 19.4 Å². The summed E-state index contributed by atoms with van der Waals surface area (Å²) in [5, 5.41) is 14.7. The predicted molar refractivity (Wildman–Crippen MR) is 60.1 cm³/mol. The van der Waals surface area contributed by atoms with Gasteiger partial charge in [0.1, 0.15) is 0 Å². The molecule has 1 aliphatic heterocycles.